The molecule has 1 rings (SSSR count). The summed E-state index contributed by atoms with van der Waals surface area (Å²) in [5.74, 6) is 0. The van der Waals surface area contributed by atoms with E-state index in [1.807, 2.05) is 0 Å². The van der Waals surface area contributed by atoms with Crippen molar-refractivity contribution < 1.29 is 13.2 Å². The lowest BCUT2D eigenvalue weighted by atomic mass is 10.4. The Morgan fingerprint density at radius 3 is 2.53 bits per heavy atom. The molecule has 0 aliphatic carbocycles. The van der Waals surface area contributed by atoms with Crippen LogP contribution in [0.1, 0.15) is 6.42 Å². The van der Waals surface area contributed by atoms with Gasteiger partial charge in [-0.05, 0) is 0 Å². The third kappa shape index (κ3) is 3.39. The van der Waals surface area contributed by atoms with Gasteiger partial charge in [0.05, 0.1) is 12.7 Å². The van der Waals surface area contributed by atoms with E-state index < -0.39 is 24.7 Å². The molecule has 8 heteroatoms. The SMILES string of the molecule is O=c1c(Cl)c(Cl)ncn1CCC(F)(F)F. The third-order valence-corrected chi connectivity index (χ3v) is 2.30. The predicted octanol–water partition coefficient (Wildman–Crippen LogP) is 2.50. The molecular weight excluding hydrogens is 256 g/mol. The first kappa shape index (κ1) is 12.3. The number of alkyl halides is 3. The Kier molecular flexibility index (Phi) is 3.62. The standard InChI is InChI=1S/C7H5Cl2F3N2O/c8-4-5(9)13-3-14(6(4)15)2-1-7(10,11)12/h3H,1-2H2. The van der Waals surface area contributed by atoms with E-state index in [1.54, 1.807) is 0 Å². The Morgan fingerprint density at radius 2 is 2.00 bits per heavy atom. The van der Waals surface area contributed by atoms with E-state index in [4.69, 9.17) is 23.2 Å². The lowest BCUT2D eigenvalue weighted by molar-refractivity contribution is -0.136. The Balaban J connectivity index is 2.89. The van der Waals surface area contributed by atoms with Crippen LogP contribution in [0.5, 0.6) is 0 Å². The highest BCUT2D eigenvalue weighted by Crippen LogP contribution is 2.20. The quantitative estimate of drug-likeness (QED) is 0.766. The molecule has 0 saturated carbocycles. The van der Waals surface area contributed by atoms with Gasteiger partial charge in [-0.1, -0.05) is 23.2 Å². The second-order valence-electron chi connectivity index (χ2n) is 2.71. The van der Waals surface area contributed by atoms with Gasteiger partial charge < -0.3 is 0 Å². The van der Waals surface area contributed by atoms with E-state index in [1.165, 1.54) is 0 Å². The van der Waals surface area contributed by atoms with Crippen molar-refractivity contribution in [2.75, 3.05) is 0 Å². The van der Waals surface area contributed by atoms with Crippen molar-refractivity contribution in [2.45, 2.75) is 19.1 Å². The summed E-state index contributed by atoms with van der Waals surface area (Å²) in [6.07, 6.45) is -4.51. The van der Waals surface area contributed by atoms with Gasteiger partial charge in [-0.2, -0.15) is 13.2 Å². The molecule has 0 aliphatic rings. The number of rotatable bonds is 2. The summed E-state index contributed by atoms with van der Waals surface area (Å²) in [6, 6.07) is 0. The molecule has 1 heterocycles. The fourth-order valence-corrected chi connectivity index (χ4v) is 1.13. The first-order valence-corrected chi connectivity index (χ1v) is 4.54. The van der Waals surface area contributed by atoms with Gasteiger partial charge in [-0.15, -0.1) is 0 Å². The highest BCUT2D eigenvalue weighted by molar-refractivity contribution is 6.40. The zero-order valence-corrected chi connectivity index (χ0v) is 8.70. The molecule has 0 radical (unpaired) electrons. The molecule has 3 nitrogen and oxygen atoms in total. The first-order chi connectivity index (χ1) is 6.81. The molecule has 0 aromatic carbocycles. The van der Waals surface area contributed by atoms with Crippen LogP contribution in [0.3, 0.4) is 0 Å². The molecule has 1 aromatic heterocycles. The molecule has 0 unspecified atom stereocenters. The van der Waals surface area contributed by atoms with Crippen LogP contribution in [0.2, 0.25) is 10.2 Å². The van der Waals surface area contributed by atoms with Crippen molar-refractivity contribution in [3.05, 3.63) is 26.9 Å². The van der Waals surface area contributed by atoms with Crippen molar-refractivity contribution in [1.82, 2.24) is 9.55 Å². The van der Waals surface area contributed by atoms with Crippen LogP contribution in [-0.4, -0.2) is 15.7 Å². The maximum absolute atomic E-state index is 11.9. The molecule has 1 aromatic rings. The number of nitrogens with zero attached hydrogens (tertiary/aromatic N) is 2. The number of aromatic nitrogens is 2. The number of aryl methyl sites for hydroxylation is 1. The lowest BCUT2D eigenvalue weighted by Gasteiger charge is -2.08. The predicted molar refractivity (Wildman–Crippen MR) is 49.2 cm³/mol. The second-order valence-corrected chi connectivity index (χ2v) is 3.45. The molecule has 15 heavy (non-hydrogen) atoms. The molecule has 0 aliphatic heterocycles. The van der Waals surface area contributed by atoms with Crippen LogP contribution >= 0.6 is 23.2 Å². The van der Waals surface area contributed by atoms with E-state index in [9.17, 15) is 18.0 Å². The Hall–Kier alpha value is -0.750. The van der Waals surface area contributed by atoms with Gasteiger partial charge in [0, 0.05) is 6.54 Å². The molecular formula is C7H5Cl2F3N2O. The topological polar surface area (TPSA) is 34.9 Å². The van der Waals surface area contributed by atoms with Gasteiger partial charge in [-0.25, -0.2) is 4.98 Å². The second kappa shape index (κ2) is 4.40. The van der Waals surface area contributed by atoms with E-state index in [0.29, 0.717) is 0 Å². The van der Waals surface area contributed by atoms with Gasteiger partial charge in [0.2, 0.25) is 0 Å². The highest BCUT2D eigenvalue weighted by Gasteiger charge is 2.27. The molecule has 0 spiro atoms. The summed E-state index contributed by atoms with van der Waals surface area (Å²) in [5.41, 5.74) is -0.777. The molecule has 0 amide bonds. The summed E-state index contributed by atoms with van der Waals surface area (Å²) in [5, 5.41) is -0.591. The summed E-state index contributed by atoms with van der Waals surface area (Å²) in [4.78, 5) is 14.7. The minimum absolute atomic E-state index is 0.218. The number of halogens is 5. The van der Waals surface area contributed by atoms with E-state index in [-0.39, 0.29) is 10.2 Å². The maximum atomic E-state index is 11.9. The fourth-order valence-electron chi connectivity index (χ4n) is 0.850. The van der Waals surface area contributed by atoms with Crippen molar-refractivity contribution in [2.24, 2.45) is 0 Å². The van der Waals surface area contributed by atoms with Gasteiger partial charge in [0.25, 0.3) is 5.56 Å². The summed E-state index contributed by atoms with van der Waals surface area (Å²) in [6.45, 7) is -0.522. The van der Waals surface area contributed by atoms with Crippen molar-refractivity contribution in [3.8, 4) is 0 Å². The zero-order chi connectivity index (χ0) is 11.6. The fraction of sp³-hybridized carbons (Fsp3) is 0.429. The highest BCUT2D eigenvalue weighted by atomic mass is 35.5. The zero-order valence-electron chi connectivity index (χ0n) is 7.18. The Bertz CT molecular complexity index is 416. The summed E-state index contributed by atoms with van der Waals surface area (Å²) < 4.78 is 36.3. The molecule has 0 saturated heterocycles. The smallest absolute Gasteiger partial charge is 0.298 e. The van der Waals surface area contributed by atoms with Crippen LogP contribution in [0.15, 0.2) is 11.1 Å². The number of hydrogen-bond donors (Lipinski definition) is 0. The monoisotopic (exact) mass is 260 g/mol. The molecule has 0 N–H and O–H groups in total. The average molecular weight is 261 g/mol. The van der Waals surface area contributed by atoms with Crippen LogP contribution in [0, 0.1) is 0 Å². The first-order valence-electron chi connectivity index (χ1n) is 3.78. The minimum atomic E-state index is -4.33. The molecule has 0 atom stereocenters. The summed E-state index contributed by atoms with van der Waals surface area (Å²) >= 11 is 10.8. The largest absolute Gasteiger partial charge is 0.390 e. The normalized spacial score (nSPS) is 11.8. The van der Waals surface area contributed by atoms with Crippen LogP contribution in [0.4, 0.5) is 13.2 Å². The lowest BCUT2D eigenvalue weighted by Crippen LogP contribution is -2.24. The minimum Gasteiger partial charge on any atom is -0.298 e. The van der Waals surface area contributed by atoms with Crippen molar-refractivity contribution in [1.29, 1.82) is 0 Å². The molecule has 0 bridgehead atoms. The van der Waals surface area contributed by atoms with Crippen LogP contribution < -0.4 is 5.56 Å². The molecule has 0 fully saturated rings. The Labute approximate surface area is 92.4 Å². The van der Waals surface area contributed by atoms with Gasteiger partial charge in [-0.3, -0.25) is 9.36 Å². The van der Waals surface area contributed by atoms with Crippen molar-refractivity contribution in [3.63, 3.8) is 0 Å². The third-order valence-electron chi connectivity index (χ3n) is 1.58. The molecule has 84 valence electrons. The van der Waals surface area contributed by atoms with Crippen LogP contribution in [0.25, 0.3) is 0 Å². The van der Waals surface area contributed by atoms with Gasteiger partial charge >= 0.3 is 6.18 Å². The van der Waals surface area contributed by atoms with Gasteiger partial charge in [0.1, 0.15) is 5.02 Å². The average Bonchev–Trinajstić information content (AvgIpc) is 2.12. The van der Waals surface area contributed by atoms with Crippen LogP contribution in [-0.2, 0) is 6.54 Å². The van der Waals surface area contributed by atoms with Crippen molar-refractivity contribution >= 4 is 23.2 Å². The van der Waals surface area contributed by atoms with E-state index in [2.05, 4.69) is 4.98 Å². The van der Waals surface area contributed by atoms with E-state index >= 15 is 0 Å². The maximum Gasteiger partial charge on any atom is 0.390 e. The summed E-state index contributed by atoms with van der Waals surface area (Å²) in [7, 11) is 0. The number of hydrogen-bond acceptors (Lipinski definition) is 2. The Morgan fingerprint density at radius 1 is 1.40 bits per heavy atom. The van der Waals surface area contributed by atoms with E-state index in [0.717, 1.165) is 10.9 Å². The van der Waals surface area contributed by atoms with Gasteiger partial charge in [0.15, 0.2) is 5.15 Å².